The summed E-state index contributed by atoms with van der Waals surface area (Å²) in [4.78, 5) is 11.2. The molecule has 2 heterocycles. The fourth-order valence-corrected chi connectivity index (χ4v) is 3.31. The number of rotatable bonds is 5. The summed E-state index contributed by atoms with van der Waals surface area (Å²) in [5.41, 5.74) is 2.41. The number of benzene rings is 1. The van der Waals surface area contributed by atoms with Gasteiger partial charge in [0.25, 0.3) is 0 Å². The van der Waals surface area contributed by atoms with Gasteiger partial charge in [0.05, 0.1) is 12.2 Å². The lowest BCUT2D eigenvalue weighted by atomic mass is 10.0. The average molecular weight is 343 g/mol. The summed E-state index contributed by atoms with van der Waals surface area (Å²) >= 11 is 1.57. The predicted octanol–water partition coefficient (Wildman–Crippen LogP) is 3.80. The van der Waals surface area contributed by atoms with Crippen LogP contribution >= 0.6 is 11.8 Å². The van der Waals surface area contributed by atoms with Crippen LogP contribution < -0.4 is 0 Å². The van der Waals surface area contributed by atoms with Crippen molar-refractivity contribution in [3.05, 3.63) is 53.9 Å². The van der Waals surface area contributed by atoms with E-state index in [-0.39, 0.29) is 12.2 Å². The van der Waals surface area contributed by atoms with E-state index < -0.39 is 0 Å². The minimum Gasteiger partial charge on any atom is -0.367 e. The van der Waals surface area contributed by atoms with Gasteiger partial charge in [0.15, 0.2) is 5.16 Å². The van der Waals surface area contributed by atoms with Crippen molar-refractivity contribution in [1.29, 1.82) is 0 Å². The van der Waals surface area contributed by atoms with Crippen LogP contribution in [-0.2, 0) is 11.3 Å². The molecular weight excluding hydrogens is 318 g/mol. The molecule has 2 atom stereocenters. The van der Waals surface area contributed by atoms with Gasteiger partial charge in [-0.15, -0.1) is 0 Å². The van der Waals surface area contributed by atoms with Gasteiger partial charge in [-0.2, -0.15) is 0 Å². The summed E-state index contributed by atoms with van der Waals surface area (Å²) < 4.78 is 6.36. The van der Waals surface area contributed by atoms with Crippen LogP contribution in [0.25, 0.3) is 0 Å². The number of hydrogen-bond donors (Lipinski definition) is 0. The lowest BCUT2D eigenvalue weighted by Crippen LogP contribution is -2.45. The first-order chi connectivity index (χ1) is 11.7. The zero-order chi connectivity index (χ0) is 16.9. The third kappa shape index (κ3) is 4.35. The van der Waals surface area contributed by atoms with Crippen LogP contribution in [0.5, 0.6) is 0 Å². The Labute approximate surface area is 148 Å². The molecule has 5 heteroatoms. The minimum atomic E-state index is 0.124. The molecule has 24 heavy (non-hydrogen) atoms. The van der Waals surface area contributed by atoms with Gasteiger partial charge in [-0.05, 0) is 17.7 Å². The summed E-state index contributed by atoms with van der Waals surface area (Å²) in [5, 5.41) is 0.822. The molecule has 0 spiro atoms. The zero-order valence-electron chi connectivity index (χ0n) is 14.6. The van der Waals surface area contributed by atoms with Crippen LogP contribution in [0, 0.1) is 5.92 Å². The number of nitrogens with zero attached hydrogens (tertiary/aromatic N) is 3. The topological polar surface area (TPSA) is 38.2 Å². The average Bonchev–Trinajstić information content (AvgIpc) is 2.63. The maximum absolute atomic E-state index is 6.36. The van der Waals surface area contributed by atoms with E-state index in [9.17, 15) is 0 Å². The Bertz CT molecular complexity index is 633. The fourth-order valence-electron chi connectivity index (χ4n) is 3.00. The normalized spacial score (nSPS) is 22.0. The Morgan fingerprint density at radius 3 is 2.50 bits per heavy atom. The molecule has 1 aromatic heterocycles. The quantitative estimate of drug-likeness (QED) is 0.610. The van der Waals surface area contributed by atoms with E-state index in [0.717, 1.165) is 30.4 Å². The van der Waals surface area contributed by atoms with Crippen molar-refractivity contribution in [2.75, 3.05) is 19.3 Å². The molecule has 1 aliphatic heterocycles. The van der Waals surface area contributed by atoms with E-state index in [2.05, 4.69) is 59.0 Å². The molecule has 1 aromatic carbocycles. The maximum Gasteiger partial charge on any atom is 0.187 e. The van der Waals surface area contributed by atoms with Crippen molar-refractivity contribution in [3.63, 3.8) is 0 Å². The molecule has 1 aliphatic rings. The Balaban J connectivity index is 1.73. The van der Waals surface area contributed by atoms with E-state index in [1.807, 2.05) is 18.6 Å². The maximum atomic E-state index is 6.36. The Kier molecular flexibility index (Phi) is 5.87. The van der Waals surface area contributed by atoms with E-state index >= 15 is 0 Å². The third-order valence-electron chi connectivity index (χ3n) is 4.39. The number of aromatic nitrogens is 2. The van der Waals surface area contributed by atoms with Gasteiger partial charge >= 0.3 is 0 Å². The highest BCUT2D eigenvalue weighted by atomic mass is 32.2. The van der Waals surface area contributed by atoms with Crippen molar-refractivity contribution in [2.24, 2.45) is 5.92 Å². The Hall–Kier alpha value is -1.43. The van der Waals surface area contributed by atoms with Crippen molar-refractivity contribution in [2.45, 2.75) is 37.8 Å². The minimum absolute atomic E-state index is 0.124. The van der Waals surface area contributed by atoms with Crippen molar-refractivity contribution in [3.8, 4) is 0 Å². The molecule has 3 rings (SSSR count). The molecule has 0 N–H and O–H groups in total. The number of ether oxygens (including phenoxy) is 1. The van der Waals surface area contributed by atoms with Gasteiger partial charge < -0.3 is 4.74 Å². The van der Waals surface area contributed by atoms with Crippen molar-refractivity contribution < 1.29 is 4.74 Å². The molecule has 1 fully saturated rings. The summed E-state index contributed by atoms with van der Waals surface area (Å²) in [6.45, 7) is 7.17. The zero-order valence-corrected chi connectivity index (χ0v) is 15.4. The summed E-state index contributed by atoms with van der Waals surface area (Å²) in [6.07, 6.45) is 6.25. The molecule has 2 aromatic rings. The first-order valence-corrected chi connectivity index (χ1v) is 9.66. The van der Waals surface area contributed by atoms with Crippen LogP contribution in [0.4, 0.5) is 0 Å². The van der Waals surface area contributed by atoms with Crippen LogP contribution in [-0.4, -0.2) is 40.3 Å². The van der Waals surface area contributed by atoms with Gasteiger partial charge in [0, 0.05) is 37.6 Å². The summed E-state index contributed by atoms with van der Waals surface area (Å²) in [6, 6.07) is 10.5. The van der Waals surface area contributed by atoms with Crippen LogP contribution in [0.3, 0.4) is 0 Å². The Morgan fingerprint density at radius 1 is 1.17 bits per heavy atom. The van der Waals surface area contributed by atoms with Crippen LogP contribution in [0.2, 0.25) is 0 Å². The standard InChI is InChI=1S/C19H25N3OS/c1-14(2)17-12-22(11-15-9-20-19(24-3)21-10-15)13-18(23-17)16-7-5-4-6-8-16/h4-10,14,17-18H,11-13H2,1-3H3/t17-,18+/m1/s1. The summed E-state index contributed by atoms with van der Waals surface area (Å²) in [7, 11) is 0. The van der Waals surface area contributed by atoms with Gasteiger partial charge in [0.1, 0.15) is 0 Å². The van der Waals surface area contributed by atoms with Crippen molar-refractivity contribution in [1.82, 2.24) is 14.9 Å². The summed E-state index contributed by atoms with van der Waals surface area (Å²) in [5.74, 6) is 0.495. The first-order valence-electron chi connectivity index (χ1n) is 8.43. The second kappa shape index (κ2) is 8.10. The van der Waals surface area contributed by atoms with E-state index in [1.165, 1.54) is 5.56 Å². The number of morpholine rings is 1. The lowest BCUT2D eigenvalue weighted by molar-refractivity contribution is -0.107. The predicted molar refractivity (Wildman–Crippen MR) is 98.0 cm³/mol. The monoisotopic (exact) mass is 343 g/mol. The molecule has 1 saturated heterocycles. The largest absolute Gasteiger partial charge is 0.367 e. The Morgan fingerprint density at radius 2 is 1.88 bits per heavy atom. The third-order valence-corrected chi connectivity index (χ3v) is 4.96. The highest BCUT2D eigenvalue weighted by Gasteiger charge is 2.30. The van der Waals surface area contributed by atoms with Gasteiger partial charge in [-0.1, -0.05) is 55.9 Å². The molecule has 0 amide bonds. The molecule has 4 nitrogen and oxygen atoms in total. The van der Waals surface area contributed by atoms with E-state index in [4.69, 9.17) is 4.74 Å². The molecule has 0 unspecified atom stereocenters. The van der Waals surface area contributed by atoms with Crippen molar-refractivity contribution >= 4 is 11.8 Å². The molecule has 0 saturated carbocycles. The number of hydrogen-bond acceptors (Lipinski definition) is 5. The first kappa shape index (κ1) is 17.4. The second-order valence-electron chi connectivity index (χ2n) is 6.59. The highest BCUT2D eigenvalue weighted by molar-refractivity contribution is 7.98. The molecular formula is C19H25N3OS. The number of thioether (sulfide) groups is 1. The van der Waals surface area contributed by atoms with Crippen LogP contribution in [0.1, 0.15) is 31.1 Å². The molecule has 128 valence electrons. The second-order valence-corrected chi connectivity index (χ2v) is 7.36. The SMILES string of the molecule is CSc1ncc(CN2C[C@@H](c3ccccc3)O[C@@H](C(C)C)C2)cn1. The van der Waals surface area contributed by atoms with E-state index in [0.29, 0.717) is 5.92 Å². The van der Waals surface area contributed by atoms with Crippen LogP contribution in [0.15, 0.2) is 47.9 Å². The molecule has 0 bridgehead atoms. The smallest absolute Gasteiger partial charge is 0.187 e. The highest BCUT2D eigenvalue weighted by Crippen LogP contribution is 2.28. The molecule has 0 aliphatic carbocycles. The lowest BCUT2D eigenvalue weighted by Gasteiger charge is -2.40. The van der Waals surface area contributed by atoms with Gasteiger partial charge in [-0.25, -0.2) is 9.97 Å². The fraction of sp³-hybridized carbons (Fsp3) is 0.474. The van der Waals surface area contributed by atoms with Gasteiger partial charge in [0.2, 0.25) is 0 Å². The van der Waals surface area contributed by atoms with E-state index in [1.54, 1.807) is 11.8 Å². The van der Waals surface area contributed by atoms with Gasteiger partial charge in [-0.3, -0.25) is 4.90 Å². The molecule has 0 radical (unpaired) electrons.